The van der Waals surface area contributed by atoms with Gasteiger partial charge in [0.05, 0.1) is 0 Å². The van der Waals surface area contributed by atoms with E-state index in [9.17, 15) is 0 Å². The van der Waals surface area contributed by atoms with Crippen LogP contribution in [0, 0.1) is 12.8 Å². The van der Waals surface area contributed by atoms with Gasteiger partial charge in [-0.1, -0.05) is 13.8 Å². The number of aryl methyl sites for hydroxylation is 1. The van der Waals surface area contributed by atoms with E-state index in [4.69, 9.17) is 0 Å². The van der Waals surface area contributed by atoms with Gasteiger partial charge < -0.3 is 10.6 Å². The molecule has 1 atom stereocenters. The Bertz CT molecular complexity index is 370. The van der Waals surface area contributed by atoms with Crippen LogP contribution in [0.3, 0.4) is 0 Å². The molecule has 4 heteroatoms. The maximum atomic E-state index is 4.55. The van der Waals surface area contributed by atoms with Crippen LogP contribution < -0.4 is 10.6 Å². The third kappa shape index (κ3) is 3.40. The lowest BCUT2D eigenvalue weighted by molar-refractivity contribution is 0.612. The van der Waals surface area contributed by atoms with Crippen molar-refractivity contribution < 1.29 is 0 Å². The quantitative estimate of drug-likeness (QED) is 0.836. The van der Waals surface area contributed by atoms with E-state index in [1.54, 1.807) is 0 Å². The minimum absolute atomic E-state index is 0.449. The average molecular weight is 234 g/mol. The molecule has 1 fully saturated rings. The summed E-state index contributed by atoms with van der Waals surface area (Å²) in [5.41, 5.74) is 2.15. The molecule has 1 saturated heterocycles. The maximum Gasteiger partial charge on any atom is 0.223 e. The number of hydrogen-bond acceptors (Lipinski definition) is 4. The SMILES string of the molecule is Cc1cc(C(C)C)nc(NCC2CCNC2)n1. The fourth-order valence-corrected chi connectivity index (χ4v) is 2.09. The van der Waals surface area contributed by atoms with Crippen molar-refractivity contribution in [1.29, 1.82) is 0 Å². The Kier molecular flexibility index (Phi) is 3.94. The van der Waals surface area contributed by atoms with Gasteiger partial charge in [-0.25, -0.2) is 9.97 Å². The zero-order chi connectivity index (χ0) is 12.3. The van der Waals surface area contributed by atoms with E-state index in [-0.39, 0.29) is 0 Å². The summed E-state index contributed by atoms with van der Waals surface area (Å²) in [4.78, 5) is 8.99. The van der Waals surface area contributed by atoms with Crippen LogP contribution >= 0.6 is 0 Å². The van der Waals surface area contributed by atoms with Gasteiger partial charge in [-0.05, 0) is 44.3 Å². The number of aromatic nitrogens is 2. The van der Waals surface area contributed by atoms with Gasteiger partial charge in [0.2, 0.25) is 5.95 Å². The van der Waals surface area contributed by atoms with Crippen LogP contribution in [-0.2, 0) is 0 Å². The van der Waals surface area contributed by atoms with Gasteiger partial charge in [-0.3, -0.25) is 0 Å². The van der Waals surface area contributed by atoms with Crippen molar-refractivity contribution in [3.63, 3.8) is 0 Å². The second-order valence-corrected chi connectivity index (χ2v) is 5.15. The van der Waals surface area contributed by atoms with E-state index in [2.05, 4.69) is 40.5 Å². The first kappa shape index (κ1) is 12.3. The Labute approximate surface area is 103 Å². The van der Waals surface area contributed by atoms with Gasteiger partial charge in [-0.15, -0.1) is 0 Å². The van der Waals surface area contributed by atoms with Crippen LogP contribution in [0.25, 0.3) is 0 Å². The van der Waals surface area contributed by atoms with Crippen molar-refractivity contribution in [2.45, 2.75) is 33.1 Å². The number of nitrogens with zero attached hydrogens (tertiary/aromatic N) is 2. The number of anilines is 1. The summed E-state index contributed by atoms with van der Waals surface area (Å²) >= 11 is 0. The van der Waals surface area contributed by atoms with E-state index in [0.29, 0.717) is 11.8 Å². The second kappa shape index (κ2) is 5.45. The molecular formula is C13H22N4. The molecule has 0 spiro atoms. The predicted octanol–water partition coefficient (Wildman–Crippen LogP) is 1.93. The van der Waals surface area contributed by atoms with Crippen LogP contribution in [0.15, 0.2) is 6.07 Å². The van der Waals surface area contributed by atoms with Gasteiger partial charge in [0.25, 0.3) is 0 Å². The summed E-state index contributed by atoms with van der Waals surface area (Å²) in [5, 5.41) is 6.73. The van der Waals surface area contributed by atoms with E-state index >= 15 is 0 Å². The molecule has 1 aromatic rings. The normalized spacial score (nSPS) is 19.9. The van der Waals surface area contributed by atoms with E-state index in [1.807, 2.05) is 6.92 Å². The maximum absolute atomic E-state index is 4.55. The smallest absolute Gasteiger partial charge is 0.223 e. The van der Waals surface area contributed by atoms with Gasteiger partial charge in [0.15, 0.2) is 0 Å². The highest BCUT2D eigenvalue weighted by atomic mass is 15.1. The summed E-state index contributed by atoms with van der Waals surface area (Å²) in [7, 11) is 0. The highest BCUT2D eigenvalue weighted by Crippen LogP contribution is 2.15. The van der Waals surface area contributed by atoms with Crippen LogP contribution in [0.2, 0.25) is 0 Å². The van der Waals surface area contributed by atoms with Crippen molar-refractivity contribution in [1.82, 2.24) is 15.3 Å². The molecule has 0 amide bonds. The molecule has 2 rings (SSSR count). The molecule has 0 aromatic carbocycles. The number of hydrogen-bond donors (Lipinski definition) is 2. The standard InChI is InChI=1S/C13H22N4/c1-9(2)12-6-10(3)16-13(17-12)15-8-11-4-5-14-7-11/h6,9,11,14H,4-5,7-8H2,1-3H3,(H,15,16,17). The highest BCUT2D eigenvalue weighted by molar-refractivity contribution is 5.29. The summed E-state index contributed by atoms with van der Waals surface area (Å²) in [6.07, 6.45) is 1.25. The van der Waals surface area contributed by atoms with Crippen molar-refractivity contribution in [3.05, 3.63) is 17.5 Å². The summed E-state index contributed by atoms with van der Waals surface area (Å²) in [6.45, 7) is 9.55. The molecule has 0 saturated carbocycles. The average Bonchev–Trinajstić information content (AvgIpc) is 2.78. The molecule has 1 aliphatic rings. The molecule has 2 N–H and O–H groups in total. The third-order valence-corrected chi connectivity index (χ3v) is 3.18. The monoisotopic (exact) mass is 234 g/mol. The Hall–Kier alpha value is -1.16. The zero-order valence-corrected chi connectivity index (χ0v) is 11.0. The molecule has 0 bridgehead atoms. The third-order valence-electron chi connectivity index (χ3n) is 3.18. The number of nitrogens with one attached hydrogen (secondary N) is 2. The van der Waals surface area contributed by atoms with E-state index < -0.39 is 0 Å². The molecule has 2 heterocycles. The molecular weight excluding hydrogens is 212 g/mol. The molecule has 4 nitrogen and oxygen atoms in total. The van der Waals surface area contributed by atoms with Crippen molar-refractivity contribution >= 4 is 5.95 Å². The largest absolute Gasteiger partial charge is 0.354 e. The highest BCUT2D eigenvalue weighted by Gasteiger charge is 2.14. The Balaban J connectivity index is 1.99. The molecule has 0 radical (unpaired) electrons. The predicted molar refractivity (Wildman–Crippen MR) is 70.3 cm³/mol. The van der Waals surface area contributed by atoms with Crippen LogP contribution in [0.1, 0.15) is 37.6 Å². The lowest BCUT2D eigenvalue weighted by Crippen LogP contribution is -2.18. The lowest BCUT2D eigenvalue weighted by atomic mass is 10.1. The van der Waals surface area contributed by atoms with Gasteiger partial charge >= 0.3 is 0 Å². The first-order chi connectivity index (χ1) is 8.15. The molecule has 94 valence electrons. The molecule has 1 unspecified atom stereocenters. The molecule has 1 aliphatic heterocycles. The van der Waals surface area contributed by atoms with E-state index in [1.165, 1.54) is 6.42 Å². The van der Waals surface area contributed by atoms with Crippen molar-refractivity contribution in [2.75, 3.05) is 25.0 Å². The van der Waals surface area contributed by atoms with Crippen LogP contribution in [0.5, 0.6) is 0 Å². The minimum atomic E-state index is 0.449. The Morgan fingerprint density at radius 1 is 1.47 bits per heavy atom. The first-order valence-corrected chi connectivity index (χ1v) is 6.45. The van der Waals surface area contributed by atoms with Gasteiger partial charge in [0.1, 0.15) is 0 Å². The second-order valence-electron chi connectivity index (χ2n) is 5.15. The fraction of sp³-hybridized carbons (Fsp3) is 0.692. The number of rotatable bonds is 4. The summed E-state index contributed by atoms with van der Waals surface area (Å²) < 4.78 is 0. The topological polar surface area (TPSA) is 49.8 Å². The summed E-state index contributed by atoms with van der Waals surface area (Å²) in [5.74, 6) is 1.94. The lowest BCUT2D eigenvalue weighted by Gasteiger charge is -2.12. The van der Waals surface area contributed by atoms with E-state index in [0.717, 1.165) is 37.0 Å². The van der Waals surface area contributed by atoms with Crippen LogP contribution in [-0.4, -0.2) is 29.6 Å². The first-order valence-electron chi connectivity index (χ1n) is 6.45. The van der Waals surface area contributed by atoms with Crippen LogP contribution in [0.4, 0.5) is 5.95 Å². The van der Waals surface area contributed by atoms with Crippen molar-refractivity contribution in [3.8, 4) is 0 Å². The molecule has 0 aliphatic carbocycles. The summed E-state index contributed by atoms with van der Waals surface area (Å²) in [6, 6.07) is 2.06. The zero-order valence-electron chi connectivity index (χ0n) is 11.0. The Morgan fingerprint density at radius 3 is 2.94 bits per heavy atom. The van der Waals surface area contributed by atoms with Gasteiger partial charge in [-0.2, -0.15) is 0 Å². The minimum Gasteiger partial charge on any atom is -0.354 e. The Morgan fingerprint density at radius 2 is 2.29 bits per heavy atom. The van der Waals surface area contributed by atoms with Gasteiger partial charge in [0, 0.05) is 17.9 Å². The molecule has 17 heavy (non-hydrogen) atoms. The fourth-order valence-electron chi connectivity index (χ4n) is 2.09. The van der Waals surface area contributed by atoms with Crippen molar-refractivity contribution in [2.24, 2.45) is 5.92 Å². The molecule has 1 aromatic heterocycles.